The minimum atomic E-state index is -0.358. The number of morpholine rings is 1. The van der Waals surface area contributed by atoms with Gasteiger partial charge in [0.25, 0.3) is 5.56 Å². The number of ether oxygens (including phenoxy) is 2. The van der Waals surface area contributed by atoms with E-state index < -0.39 is 0 Å². The maximum Gasteiger partial charge on any atom is 0.320 e. The molecule has 0 radical (unpaired) electrons. The largest absolute Gasteiger partial charge is 0.495 e. The van der Waals surface area contributed by atoms with Crippen LogP contribution in [0.2, 0.25) is 5.02 Å². The second-order valence-electron chi connectivity index (χ2n) is 9.37. The third-order valence-corrected chi connectivity index (χ3v) is 7.52. The Hall–Kier alpha value is -4.53. The molecule has 1 fully saturated rings. The Morgan fingerprint density at radius 1 is 1.23 bits per heavy atom. The molecular formula is C28H27ClN8O5S. The summed E-state index contributed by atoms with van der Waals surface area (Å²) in [5.41, 5.74) is 2.28. The highest BCUT2D eigenvalue weighted by atomic mass is 35.5. The molecule has 13 nitrogen and oxygen atoms in total. The molecule has 0 saturated carbocycles. The number of methoxy groups -OCH3 is 1. The number of carbonyl (C=O) groups is 2. The van der Waals surface area contributed by atoms with Gasteiger partial charge in [-0.25, -0.2) is 19.9 Å². The average Bonchev–Trinajstić information content (AvgIpc) is 3.46. The molecule has 1 aliphatic heterocycles. The van der Waals surface area contributed by atoms with E-state index in [1.807, 2.05) is 6.92 Å². The van der Waals surface area contributed by atoms with Crippen molar-refractivity contribution in [2.75, 3.05) is 25.5 Å². The van der Waals surface area contributed by atoms with E-state index in [2.05, 4.69) is 30.6 Å². The molecule has 5 aromatic rings. The number of aromatic amines is 1. The van der Waals surface area contributed by atoms with Gasteiger partial charge in [-0.2, -0.15) is 0 Å². The number of benzene rings is 2. The second kappa shape index (κ2) is 13.2. The van der Waals surface area contributed by atoms with Gasteiger partial charge in [-0.05, 0) is 37.3 Å². The third kappa shape index (κ3) is 6.77. The molecule has 43 heavy (non-hydrogen) atoms. The number of carbonyl (C=O) groups excluding carboxylic acids is 2. The van der Waals surface area contributed by atoms with Gasteiger partial charge in [0.1, 0.15) is 34.5 Å². The highest BCUT2D eigenvalue weighted by Gasteiger charge is 2.20. The Morgan fingerprint density at radius 3 is 2.79 bits per heavy atom. The number of H-pyrrole nitrogens is 1. The van der Waals surface area contributed by atoms with Crippen molar-refractivity contribution < 1.29 is 19.1 Å². The van der Waals surface area contributed by atoms with E-state index >= 15 is 0 Å². The van der Waals surface area contributed by atoms with Crippen LogP contribution in [-0.2, 0) is 20.1 Å². The number of hydrogen-bond acceptors (Lipinski definition) is 11. The lowest BCUT2D eigenvalue weighted by atomic mass is 10.2. The van der Waals surface area contributed by atoms with Crippen molar-refractivity contribution >= 4 is 63.0 Å². The fourth-order valence-electron chi connectivity index (χ4n) is 4.40. The Morgan fingerprint density at radius 2 is 2.07 bits per heavy atom. The Labute approximate surface area is 254 Å². The van der Waals surface area contributed by atoms with E-state index in [-0.39, 0.29) is 34.7 Å². The summed E-state index contributed by atoms with van der Waals surface area (Å²) in [6, 6.07) is 10.2. The lowest BCUT2D eigenvalue weighted by Gasteiger charge is -2.18. The van der Waals surface area contributed by atoms with E-state index in [1.54, 1.807) is 42.7 Å². The number of cyclic esters (lactones) is 1. The topological polar surface area (TPSA) is 166 Å². The van der Waals surface area contributed by atoms with Gasteiger partial charge in [-0.1, -0.05) is 29.4 Å². The van der Waals surface area contributed by atoms with Gasteiger partial charge in [0.15, 0.2) is 5.65 Å². The fraction of sp³-hybridized carbons (Fsp3) is 0.250. The third-order valence-electron chi connectivity index (χ3n) is 6.22. The molecule has 4 heterocycles. The van der Waals surface area contributed by atoms with Gasteiger partial charge in [-0.15, -0.1) is 0 Å². The summed E-state index contributed by atoms with van der Waals surface area (Å²) >= 11 is 7.78. The lowest BCUT2D eigenvalue weighted by Crippen LogP contribution is -2.40. The number of esters is 1. The summed E-state index contributed by atoms with van der Waals surface area (Å²) in [6.07, 6.45) is 3.04. The molecule has 0 aliphatic carbocycles. The molecule has 0 unspecified atom stereocenters. The summed E-state index contributed by atoms with van der Waals surface area (Å²) in [5, 5.41) is 6.89. The molecule has 3 N–H and O–H groups in total. The summed E-state index contributed by atoms with van der Waals surface area (Å²) in [5.74, 6) is 0.772. The monoisotopic (exact) mass is 622 g/mol. The molecule has 1 amide bonds. The molecule has 1 atom stereocenters. The van der Waals surface area contributed by atoms with Crippen LogP contribution >= 0.6 is 23.4 Å². The van der Waals surface area contributed by atoms with Gasteiger partial charge in [0, 0.05) is 19.2 Å². The second-order valence-corrected chi connectivity index (χ2v) is 10.7. The highest BCUT2D eigenvalue weighted by Crippen LogP contribution is 2.31. The van der Waals surface area contributed by atoms with Crippen LogP contribution in [0, 0.1) is 0 Å². The summed E-state index contributed by atoms with van der Waals surface area (Å²) in [4.78, 5) is 56.3. The van der Waals surface area contributed by atoms with Crippen molar-refractivity contribution in [3.05, 3.63) is 70.3 Å². The number of rotatable bonds is 6. The first-order valence-electron chi connectivity index (χ1n) is 13.1. The molecule has 0 bridgehead atoms. The molecule has 1 saturated heterocycles. The standard InChI is InChI=1S/C23H18ClN7O3S.C5H9NO2/c1-12(32)29-13-6-7-17(34-2)16(8-13)31-18(30-15-5-3-4-14(24)19(15)23(31)33)9-35-22-20-21(26-10-25-20)27-11-28-22;1-4-2-6-3-5(7)8-4/h3-8,10-11H,9H2,1-2H3,(H,29,32)(H,25,26,27,28);4,6H,2-3H2,1H3/t;4-/m.0/s1. The van der Waals surface area contributed by atoms with Gasteiger partial charge >= 0.3 is 5.97 Å². The van der Waals surface area contributed by atoms with Crippen LogP contribution in [-0.4, -0.2) is 67.7 Å². The number of fused-ring (bicyclic) bond motifs is 2. The van der Waals surface area contributed by atoms with Gasteiger partial charge in [0.2, 0.25) is 5.91 Å². The van der Waals surface area contributed by atoms with E-state index in [1.165, 1.54) is 36.7 Å². The van der Waals surface area contributed by atoms with Gasteiger partial charge in [0.05, 0.1) is 47.3 Å². The lowest BCUT2D eigenvalue weighted by molar-refractivity contribution is -0.150. The van der Waals surface area contributed by atoms with Gasteiger partial charge < -0.3 is 25.1 Å². The van der Waals surface area contributed by atoms with Crippen molar-refractivity contribution in [1.82, 2.24) is 34.8 Å². The smallest absolute Gasteiger partial charge is 0.320 e. The molecule has 6 rings (SSSR count). The maximum absolute atomic E-state index is 13.8. The van der Waals surface area contributed by atoms with Crippen LogP contribution in [0.3, 0.4) is 0 Å². The maximum atomic E-state index is 13.8. The number of nitrogens with one attached hydrogen (secondary N) is 3. The predicted octanol–water partition coefficient (Wildman–Crippen LogP) is 3.49. The van der Waals surface area contributed by atoms with Crippen molar-refractivity contribution in [3.8, 4) is 11.4 Å². The Bertz CT molecular complexity index is 1880. The first-order valence-corrected chi connectivity index (χ1v) is 14.4. The molecule has 15 heteroatoms. The van der Waals surface area contributed by atoms with E-state index in [4.69, 9.17) is 26.1 Å². The number of thioether (sulfide) groups is 1. The number of amides is 1. The van der Waals surface area contributed by atoms with E-state index in [0.29, 0.717) is 56.2 Å². The number of aromatic nitrogens is 6. The fourth-order valence-corrected chi connectivity index (χ4v) is 5.52. The van der Waals surface area contributed by atoms with Crippen molar-refractivity contribution in [1.29, 1.82) is 0 Å². The number of anilines is 1. The van der Waals surface area contributed by atoms with Crippen LogP contribution in [0.15, 0.2) is 58.9 Å². The summed E-state index contributed by atoms with van der Waals surface area (Å²) in [6.45, 7) is 4.42. The average molecular weight is 623 g/mol. The van der Waals surface area contributed by atoms with Crippen molar-refractivity contribution in [2.45, 2.75) is 30.7 Å². The number of imidazole rings is 1. The SMILES string of the molecule is COc1ccc(NC(C)=O)cc1-n1c(CSc2ncnc3nc[nH]c23)nc2cccc(Cl)c2c1=O.C[C@H]1CNCC(=O)O1. The molecule has 222 valence electrons. The molecule has 3 aromatic heterocycles. The van der Waals surface area contributed by atoms with Crippen LogP contribution in [0.1, 0.15) is 19.7 Å². The summed E-state index contributed by atoms with van der Waals surface area (Å²) in [7, 11) is 1.51. The van der Waals surface area contributed by atoms with E-state index in [0.717, 1.165) is 6.54 Å². The highest BCUT2D eigenvalue weighted by molar-refractivity contribution is 7.98. The zero-order valence-corrected chi connectivity index (χ0v) is 25.0. The van der Waals surface area contributed by atoms with Crippen LogP contribution in [0.4, 0.5) is 5.69 Å². The normalized spacial score (nSPS) is 14.6. The Balaban J connectivity index is 0.000000400. The molecule has 1 aliphatic rings. The predicted molar refractivity (Wildman–Crippen MR) is 163 cm³/mol. The minimum absolute atomic E-state index is 0.0521. The quantitative estimate of drug-likeness (QED) is 0.144. The van der Waals surface area contributed by atoms with Crippen molar-refractivity contribution in [2.24, 2.45) is 0 Å². The number of nitrogens with zero attached hydrogens (tertiary/aromatic N) is 5. The number of hydrogen-bond donors (Lipinski definition) is 3. The first-order chi connectivity index (χ1) is 20.7. The zero-order valence-electron chi connectivity index (χ0n) is 23.4. The summed E-state index contributed by atoms with van der Waals surface area (Å²) < 4.78 is 11.8. The molecule has 2 aromatic carbocycles. The van der Waals surface area contributed by atoms with E-state index in [9.17, 15) is 14.4 Å². The first kappa shape index (κ1) is 29.9. The molecule has 0 spiro atoms. The van der Waals surface area contributed by atoms with Crippen LogP contribution in [0.5, 0.6) is 5.75 Å². The van der Waals surface area contributed by atoms with Crippen molar-refractivity contribution in [3.63, 3.8) is 0 Å². The van der Waals surface area contributed by atoms with Gasteiger partial charge in [-0.3, -0.25) is 19.0 Å². The minimum Gasteiger partial charge on any atom is -0.495 e. The Kier molecular flexibility index (Phi) is 9.19. The van der Waals surface area contributed by atoms with Crippen LogP contribution in [0.25, 0.3) is 27.8 Å². The number of halogens is 1. The van der Waals surface area contributed by atoms with Crippen LogP contribution < -0.4 is 20.9 Å². The molecular weight excluding hydrogens is 596 g/mol. The zero-order chi connectivity index (χ0) is 30.5.